The zero-order valence-corrected chi connectivity index (χ0v) is 24.9. The van der Waals surface area contributed by atoms with Crippen LogP contribution >= 0.6 is 11.6 Å². The van der Waals surface area contributed by atoms with E-state index in [1.165, 1.54) is 12.1 Å². The number of amides is 2. The molecule has 10 nitrogen and oxygen atoms in total. The van der Waals surface area contributed by atoms with Crippen molar-refractivity contribution >= 4 is 46.2 Å². The standard InChI is InChI=1S/C15H17ClFN3O2.C15H18FN3O2/c1-9-6-13(21)18-19-14(9)10-7-11(16)15(12(17)8-10)20-2-4-22-5-3-20;1-10-8-14(20)17-18-15(10)11-2-3-13(12(16)9-11)19-4-6-21-7-5-19/h7-9H,2-6H2,1H3,(H,18,21);2-3,9-10H,4-8H2,1H3,(H,17,20)/t9-;10-/m11/s1. The van der Waals surface area contributed by atoms with Gasteiger partial charge < -0.3 is 19.3 Å². The second-order valence-corrected chi connectivity index (χ2v) is 11.3. The molecule has 0 aliphatic carbocycles. The molecular weight excluding hydrogens is 582 g/mol. The van der Waals surface area contributed by atoms with Crippen molar-refractivity contribution in [3.05, 3.63) is 58.1 Å². The number of halogens is 3. The number of nitrogens with one attached hydrogen (secondary N) is 2. The number of carbonyl (C=O) groups is 2. The third-order valence-corrected chi connectivity index (χ3v) is 8.04. The van der Waals surface area contributed by atoms with Crippen LogP contribution in [0.25, 0.3) is 0 Å². The quantitative estimate of drug-likeness (QED) is 0.543. The van der Waals surface area contributed by atoms with Crippen molar-refractivity contribution in [2.24, 2.45) is 22.0 Å². The first kappa shape index (κ1) is 30.8. The van der Waals surface area contributed by atoms with E-state index in [0.29, 0.717) is 93.1 Å². The lowest BCUT2D eigenvalue weighted by Gasteiger charge is -2.30. The Bertz CT molecular complexity index is 1400. The molecule has 4 aliphatic heterocycles. The number of hydrazone groups is 2. The van der Waals surface area contributed by atoms with E-state index < -0.39 is 0 Å². The lowest BCUT2D eigenvalue weighted by Crippen LogP contribution is -2.37. The van der Waals surface area contributed by atoms with E-state index >= 15 is 0 Å². The normalized spacial score (nSPS) is 22.5. The molecule has 2 aromatic rings. The number of hydrogen-bond acceptors (Lipinski definition) is 8. The highest BCUT2D eigenvalue weighted by atomic mass is 35.5. The lowest BCUT2D eigenvalue weighted by molar-refractivity contribution is -0.122. The topological polar surface area (TPSA) is 108 Å². The van der Waals surface area contributed by atoms with Crippen LogP contribution < -0.4 is 20.7 Å². The van der Waals surface area contributed by atoms with Gasteiger partial charge in [0.25, 0.3) is 0 Å². The minimum absolute atomic E-state index is 0.00705. The van der Waals surface area contributed by atoms with Crippen LogP contribution in [0.1, 0.15) is 37.8 Å². The van der Waals surface area contributed by atoms with Gasteiger partial charge >= 0.3 is 0 Å². The van der Waals surface area contributed by atoms with Gasteiger partial charge in [-0.3, -0.25) is 9.59 Å². The summed E-state index contributed by atoms with van der Waals surface area (Å²) in [6, 6.07) is 8.28. The van der Waals surface area contributed by atoms with Gasteiger partial charge in [-0.1, -0.05) is 31.5 Å². The number of hydrogen-bond donors (Lipinski definition) is 2. The van der Waals surface area contributed by atoms with Crippen molar-refractivity contribution in [3.63, 3.8) is 0 Å². The zero-order chi connectivity index (χ0) is 30.5. The van der Waals surface area contributed by atoms with Gasteiger partial charge in [0.1, 0.15) is 11.6 Å². The predicted octanol–water partition coefficient (Wildman–Crippen LogP) is 3.70. The number of nitrogens with zero attached hydrogens (tertiary/aromatic N) is 4. The molecule has 0 spiro atoms. The second kappa shape index (κ2) is 13.8. The van der Waals surface area contributed by atoms with Gasteiger partial charge in [0, 0.05) is 62.0 Å². The SMILES string of the molecule is C[C@@H]1CC(=O)NN=C1c1cc(F)c(N2CCOCC2)c(Cl)c1.C[C@@H]1CC(=O)NN=C1c1ccc(N2CCOCC2)c(F)c1. The van der Waals surface area contributed by atoms with Crippen LogP contribution in [0.5, 0.6) is 0 Å². The molecule has 2 saturated heterocycles. The maximum Gasteiger partial charge on any atom is 0.240 e. The third-order valence-electron chi connectivity index (χ3n) is 7.75. The Morgan fingerprint density at radius 1 is 0.767 bits per heavy atom. The molecule has 230 valence electrons. The molecule has 43 heavy (non-hydrogen) atoms. The predicted molar refractivity (Wildman–Crippen MR) is 161 cm³/mol. The van der Waals surface area contributed by atoms with E-state index in [1.807, 2.05) is 29.7 Å². The Morgan fingerprint density at radius 3 is 1.79 bits per heavy atom. The van der Waals surface area contributed by atoms with Crippen molar-refractivity contribution in [2.75, 3.05) is 62.4 Å². The van der Waals surface area contributed by atoms with E-state index in [2.05, 4.69) is 21.1 Å². The highest BCUT2D eigenvalue weighted by Crippen LogP contribution is 2.32. The minimum atomic E-state index is -0.379. The number of morpholine rings is 2. The van der Waals surface area contributed by atoms with Crippen LogP contribution in [-0.2, 0) is 19.1 Å². The van der Waals surface area contributed by atoms with E-state index in [9.17, 15) is 18.4 Å². The summed E-state index contributed by atoms with van der Waals surface area (Å²) in [6.45, 7) is 8.80. The van der Waals surface area contributed by atoms with Crippen molar-refractivity contribution in [1.29, 1.82) is 0 Å². The Hall–Kier alpha value is -3.61. The molecule has 4 heterocycles. The highest BCUT2D eigenvalue weighted by Gasteiger charge is 2.26. The average molecular weight is 617 g/mol. The van der Waals surface area contributed by atoms with Crippen molar-refractivity contribution in [2.45, 2.75) is 26.7 Å². The van der Waals surface area contributed by atoms with Crippen LogP contribution in [0.3, 0.4) is 0 Å². The summed E-state index contributed by atoms with van der Waals surface area (Å²) in [4.78, 5) is 26.4. The van der Waals surface area contributed by atoms with E-state index in [1.54, 1.807) is 12.1 Å². The first-order chi connectivity index (χ1) is 20.7. The molecule has 0 saturated carbocycles. The fourth-order valence-electron chi connectivity index (χ4n) is 5.53. The molecule has 6 rings (SSSR count). The molecule has 0 radical (unpaired) electrons. The molecule has 13 heteroatoms. The molecule has 0 bridgehead atoms. The van der Waals surface area contributed by atoms with Gasteiger partial charge in [-0.25, -0.2) is 19.6 Å². The molecule has 0 unspecified atom stereocenters. The van der Waals surface area contributed by atoms with Gasteiger partial charge in [-0.2, -0.15) is 10.2 Å². The summed E-state index contributed by atoms with van der Waals surface area (Å²) in [5.74, 6) is -0.951. The van der Waals surface area contributed by atoms with Crippen LogP contribution in [0, 0.1) is 23.5 Å². The van der Waals surface area contributed by atoms with Gasteiger partial charge in [-0.15, -0.1) is 0 Å². The Kier molecular flexibility index (Phi) is 9.89. The lowest BCUT2D eigenvalue weighted by atomic mass is 9.94. The second-order valence-electron chi connectivity index (χ2n) is 10.9. The fraction of sp³-hybridized carbons (Fsp3) is 0.467. The average Bonchev–Trinajstić information content (AvgIpc) is 2.98. The number of rotatable bonds is 4. The van der Waals surface area contributed by atoms with E-state index in [4.69, 9.17) is 21.1 Å². The number of anilines is 2. The zero-order valence-electron chi connectivity index (χ0n) is 24.2. The molecule has 2 amide bonds. The minimum Gasteiger partial charge on any atom is -0.378 e. The van der Waals surface area contributed by atoms with Crippen LogP contribution in [-0.4, -0.2) is 75.8 Å². The van der Waals surface area contributed by atoms with Crippen molar-refractivity contribution in [1.82, 2.24) is 10.9 Å². The van der Waals surface area contributed by atoms with E-state index in [-0.39, 0.29) is 35.3 Å². The molecular formula is C30H35ClF2N6O4. The number of benzene rings is 2. The van der Waals surface area contributed by atoms with Gasteiger partial charge in [0.05, 0.1) is 54.2 Å². The Balaban J connectivity index is 0.000000171. The monoisotopic (exact) mass is 616 g/mol. The van der Waals surface area contributed by atoms with Gasteiger partial charge in [0.2, 0.25) is 11.8 Å². The Labute approximate surface area is 254 Å². The van der Waals surface area contributed by atoms with E-state index in [0.717, 1.165) is 11.3 Å². The molecule has 2 atom stereocenters. The molecule has 2 aromatic carbocycles. The van der Waals surface area contributed by atoms with Gasteiger partial charge in [0.15, 0.2) is 0 Å². The molecule has 2 fully saturated rings. The summed E-state index contributed by atoms with van der Waals surface area (Å²) >= 11 is 6.30. The summed E-state index contributed by atoms with van der Waals surface area (Å²) in [5, 5.41) is 8.46. The number of carbonyl (C=O) groups excluding carboxylic acids is 2. The smallest absolute Gasteiger partial charge is 0.240 e. The number of ether oxygens (including phenoxy) is 2. The third kappa shape index (κ3) is 7.31. The fourth-order valence-corrected chi connectivity index (χ4v) is 5.86. The van der Waals surface area contributed by atoms with Gasteiger partial charge in [-0.05, 0) is 24.3 Å². The van der Waals surface area contributed by atoms with Crippen molar-refractivity contribution < 1.29 is 27.8 Å². The van der Waals surface area contributed by atoms with Crippen molar-refractivity contribution in [3.8, 4) is 0 Å². The highest BCUT2D eigenvalue weighted by molar-refractivity contribution is 6.33. The Morgan fingerprint density at radius 2 is 1.28 bits per heavy atom. The van der Waals surface area contributed by atoms with Crippen LogP contribution in [0.15, 0.2) is 40.5 Å². The van der Waals surface area contributed by atoms with Crippen LogP contribution in [0.2, 0.25) is 5.02 Å². The maximum atomic E-state index is 14.5. The maximum absolute atomic E-state index is 14.5. The molecule has 2 N–H and O–H groups in total. The molecule has 0 aromatic heterocycles. The summed E-state index contributed by atoms with van der Waals surface area (Å²) in [6.07, 6.45) is 0.717. The summed E-state index contributed by atoms with van der Waals surface area (Å²) in [7, 11) is 0. The summed E-state index contributed by atoms with van der Waals surface area (Å²) < 4.78 is 39.5. The summed E-state index contributed by atoms with van der Waals surface area (Å²) in [5.41, 5.74) is 8.58. The first-order valence-corrected chi connectivity index (χ1v) is 14.8. The molecule has 4 aliphatic rings. The largest absolute Gasteiger partial charge is 0.378 e. The first-order valence-electron chi connectivity index (χ1n) is 14.4. The van der Waals surface area contributed by atoms with Crippen LogP contribution in [0.4, 0.5) is 20.2 Å².